The molecule has 0 spiro atoms. The highest BCUT2D eigenvalue weighted by Crippen LogP contribution is 2.29. The molecular formula is C20H19N5O2S. The highest BCUT2D eigenvalue weighted by molar-refractivity contribution is 7.90. The van der Waals surface area contributed by atoms with Crippen LogP contribution in [0.1, 0.15) is 10.8 Å². The molecule has 1 atom stereocenters. The van der Waals surface area contributed by atoms with Crippen molar-refractivity contribution in [2.75, 3.05) is 12.0 Å². The molecule has 7 nitrogen and oxygen atoms in total. The molecule has 28 heavy (non-hydrogen) atoms. The maximum Gasteiger partial charge on any atom is 0.165 e. The third-order valence-electron chi connectivity index (χ3n) is 4.67. The van der Waals surface area contributed by atoms with Crippen LogP contribution in [-0.2, 0) is 16.4 Å². The highest BCUT2D eigenvalue weighted by Gasteiger charge is 2.25. The third-order valence-corrected chi connectivity index (χ3v) is 6.13. The van der Waals surface area contributed by atoms with E-state index in [1.807, 2.05) is 54.6 Å². The smallest absolute Gasteiger partial charge is 0.165 e. The van der Waals surface area contributed by atoms with Crippen molar-refractivity contribution in [1.82, 2.24) is 19.5 Å². The summed E-state index contributed by atoms with van der Waals surface area (Å²) in [5, 5.41) is -0.746. The molecule has 2 aromatic carbocycles. The molecule has 4 rings (SSSR count). The second kappa shape index (κ2) is 7.05. The number of benzene rings is 2. The van der Waals surface area contributed by atoms with Gasteiger partial charge in [0.15, 0.2) is 21.3 Å². The molecule has 0 saturated carbocycles. The Kier molecular flexibility index (Phi) is 4.56. The molecule has 0 radical (unpaired) electrons. The zero-order valence-electron chi connectivity index (χ0n) is 15.2. The number of aromatic nitrogens is 4. The van der Waals surface area contributed by atoms with Gasteiger partial charge >= 0.3 is 0 Å². The molecule has 0 aliphatic heterocycles. The van der Waals surface area contributed by atoms with Crippen LogP contribution in [-0.4, -0.2) is 34.2 Å². The summed E-state index contributed by atoms with van der Waals surface area (Å²) in [7, 11) is -3.40. The lowest BCUT2D eigenvalue weighted by Gasteiger charge is -2.17. The van der Waals surface area contributed by atoms with E-state index in [4.69, 9.17) is 5.73 Å². The molecule has 2 heterocycles. The van der Waals surface area contributed by atoms with Gasteiger partial charge < -0.3 is 10.3 Å². The molecule has 2 N–H and O–H groups in total. The van der Waals surface area contributed by atoms with E-state index in [1.54, 1.807) is 10.9 Å². The molecule has 2 aromatic heterocycles. The quantitative estimate of drug-likeness (QED) is 0.559. The van der Waals surface area contributed by atoms with Crippen LogP contribution < -0.4 is 5.73 Å². The Morgan fingerprint density at radius 1 is 1.00 bits per heavy atom. The second-order valence-electron chi connectivity index (χ2n) is 6.64. The first kappa shape index (κ1) is 18.1. The molecule has 1 unspecified atom stereocenters. The number of rotatable bonds is 5. The zero-order valence-corrected chi connectivity index (χ0v) is 16.0. The summed E-state index contributed by atoms with van der Waals surface area (Å²) in [5.41, 5.74) is 9.53. The Labute approximate surface area is 162 Å². The van der Waals surface area contributed by atoms with Gasteiger partial charge in [-0.25, -0.2) is 23.4 Å². The fourth-order valence-corrected chi connectivity index (χ4v) is 4.32. The van der Waals surface area contributed by atoms with E-state index in [0.29, 0.717) is 16.7 Å². The Bertz CT molecular complexity index is 1240. The van der Waals surface area contributed by atoms with E-state index in [2.05, 4.69) is 15.0 Å². The van der Waals surface area contributed by atoms with Gasteiger partial charge in [0, 0.05) is 12.8 Å². The van der Waals surface area contributed by atoms with Crippen molar-refractivity contribution >= 4 is 26.8 Å². The first-order valence-electron chi connectivity index (χ1n) is 8.69. The number of imidazole rings is 1. The second-order valence-corrected chi connectivity index (χ2v) is 8.87. The fourth-order valence-electron chi connectivity index (χ4n) is 3.25. The van der Waals surface area contributed by atoms with Crippen LogP contribution in [0.3, 0.4) is 0 Å². The summed E-state index contributed by atoms with van der Waals surface area (Å²) in [5.74, 6) is 0.269. The zero-order chi connectivity index (χ0) is 19.7. The average molecular weight is 393 g/mol. The number of anilines is 1. The Morgan fingerprint density at radius 3 is 2.50 bits per heavy atom. The lowest BCUT2D eigenvalue weighted by molar-refractivity contribution is 0.570. The van der Waals surface area contributed by atoms with E-state index in [0.717, 1.165) is 11.1 Å². The van der Waals surface area contributed by atoms with Crippen LogP contribution in [0.15, 0.2) is 67.3 Å². The van der Waals surface area contributed by atoms with E-state index in [1.165, 1.54) is 12.6 Å². The van der Waals surface area contributed by atoms with Gasteiger partial charge in [-0.05, 0) is 22.8 Å². The van der Waals surface area contributed by atoms with Gasteiger partial charge in [-0.2, -0.15) is 0 Å². The van der Waals surface area contributed by atoms with Crippen molar-refractivity contribution in [3.05, 3.63) is 72.8 Å². The summed E-state index contributed by atoms with van der Waals surface area (Å²) in [6.07, 6.45) is 4.14. The van der Waals surface area contributed by atoms with E-state index in [9.17, 15) is 8.42 Å². The molecule has 0 fully saturated rings. The first-order valence-corrected chi connectivity index (χ1v) is 10.6. The van der Waals surface area contributed by atoms with Gasteiger partial charge in [0.05, 0.1) is 6.33 Å². The van der Waals surface area contributed by atoms with Crippen LogP contribution in [0.2, 0.25) is 0 Å². The third kappa shape index (κ3) is 3.46. The van der Waals surface area contributed by atoms with Crippen molar-refractivity contribution in [2.24, 2.45) is 0 Å². The number of fused-ring (bicyclic) bond motifs is 1. The first-order chi connectivity index (χ1) is 13.4. The van der Waals surface area contributed by atoms with Gasteiger partial charge in [-0.3, -0.25) is 0 Å². The van der Waals surface area contributed by atoms with E-state index >= 15 is 0 Å². The molecule has 0 bridgehead atoms. The highest BCUT2D eigenvalue weighted by atomic mass is 32.2. The van der Waals surface area contributed by atoms with Gasteiger partial charge in [-0.15, -0.1) is 0 Å². The normalized spacial score (nSPS) is 12.9. The fraction of sp³-hybridized carbons (Fsp3) is 0.150. The Hall–Kier alpha value is -3.26. The molecule has 0 aliphatic carbocycles. The standard InChI is InChI=1S/C20H19N5O2S/c1-28(26,27)17(11-25-13-24-18-19(21)22-12-23-20(18)25)16-9-5-8-15(10-16)14-6-3-2-4-7-14/h2-10,12-13,17H,11H2,1H3,(H2,21,22,23). The monoisotopic (exact) mass is 393 g/mol. The van der Waals surface area contributed by atoms with Crippen LogP contribution >= 0.6 is 0 Å². The average Bonchev–Trinajstić information content (AvgIpc) is 3.10. The van der Waals surface area contributed by atoms with Crippen LogP contribution in [0.4, 0.5) is 5.82 Å². The lowest BCUT2D eigenvalue weighted by atomic mass is 10.0. The summed E-state index contributed by atoms with van der Waals surface area (Å²) in [6, 6.07) is 17.5. The molecule has 8 heteroatoms. The summed E-state index contributed by atoms with van der Waals surface area (Å²) in [4.78, 5) is 12.4. The minimum absolute atomic E-state index is 0.185. The molecular weight excluding hydrogens is 374 g/mol. The van der Waals surface area contributed by atoms with Crippen molar-refractivity contribution in [1.29, 1.82) is 0 Å². The lowest BCUT2D eigenvalue weighted by Crippen LogP contribution is -2.18. The predicted molar refractivity (Wildman–Crippen MR) is 109 cm³/mol. The molecule has 0 aliphatic rings. The van der Waals surface area contributed by atoms with Crippen molar-refractivity contribution < 1.29 is 8.42 Å². The number of sulfone groups is 1. The topological polar surface area (TPSA) is 104 Å². The molecule has 0 amide bonds. The van der Waals surface area contributed by atoms with Crippen molar-refractivity contribution in [2.45, 2.75) is 11.8 Å². The number of nitrogen functional groups attached to an aromatic ring is 1. The van der Waals surface area contributed by atoms with Gasteiger partial charge in [0.2, 0.25) is 0 Å². The van der Waals surface area contributed by atoms with Gasteiger partial charge in [0.1, 0.15) is 17.1 Å². The molecule has 4 aromatic rings. The Balaban J connectivity index is 1.76. The van der Waals surface area contributed by atoms with E-state index in [-0.39, 0.29) is 12.4 Å². The van der Waals surface area contributed by atoms with Crippen LogP contribution in [0.25, 0.3) is 22.3 Å². The number of hydrogen-bond donors (Lipinski definition) is 1. The summed E-state index contributed by atoms with van der Waals surface area (Å²) < 4.78 is 26.9. The minimum Gasteiger partial charge on any atom is -0.382 e. The van der Waals surface area contributed by atoms with Gasteiger partial charge in [0.25, 0.3) is 0 Å². The molecule has 142 valence electrons. The van der Waals surface area contributed by atoms with E-state index < -0.39 is 15.1 Å². The predicted octanol–water partition coefficient (Wildman–Crippen LogP) is 2.86. The Morgan fingerprint density at radius 2 is 1.75 bits per heavy atom. The van der Waals surface area contributed by atoms with Gasteiger partial charge in [-0.1, -0.05) is 48.5 Å². The minimum atomic E-state index is -3.40. The largest absolute Gasteiger partial charge is 0.382 e. The maximum absolute atomic E-state index is 12.6. The number of hydrogen-bond acceptors (Lipinski definition) is 6. The van der Waals surface area contributed by atoms with Crippen LogP contribution in [0, 0.1) is 0 Å². The summed E-state index contributed by atoms with van der Waals surface area (Å²) in [6.45, 7) is 0.185. The SMILES string of the molecule is CS(=O)(=O)C(Cn1cnc2c(N)ncnc21)c1cccc(-c2ccccc2)c1. The number of nitrogens with two attached hydrogens (primary N) is 1. The molecule has 0 saturated heterocycles. The number of nitrogens with zero attached hydrogens (tertiary/aromatic N) is 4. The van der Waals surface area contributed by atoms with Crippen molar-refractivity contribution in [3.8, 4) is 11.1 Å². The van der Waals surface area contributed by atoms with Crippen molar-refractivity contribution in [3.63, 3.8) is 0 Å². The maximum atomic E-state index is 12.6. The van der Waals surface area contributed by atoms with Crippen LogP contribution in [0.5, 0.6) is 0 Å². The summed E-state index contributed by atoms with van der Waals surface area (Å²) >= 11 is 0.